The topological polar surface area (TPSA) is 105 Å². The van der Waals surface area contributed by atoms with Crippen LogP contribution in [0.4, 0.5) is 17.1 Å². The summed E-state index contributed by atoms with van der Waals surface area (Å²) >= 11 is 1.50. The molecule has 0 amide bonds. The van der Waals surface area contributed by atoms with Crippen molar-refractivity contribution in [1.82, 2.24) is 0 Å². The second kappa shape index (κ2) is 13.6. The van der Waals surface area contributed by atoms with E-state index in [1.807, 2.05) is 36.6 Å². The monoisotopic (exact) mass is 562 g/mol. The number of rotatable bonds is 12. The average molecular weight is 563 g/mol. The van der Waals surface area contributed by atoms with Gasteiger partial charge in [-0.15, -0.1) is 11.8 Å². The van der Waals surface area contributed by atoms with Crippen molar-refractivity contribution in [1.29, 1.82) is 0 Å². The summed E-state index contributed by atoms with van der Waals surface area (Å²) in [6.45, 7) is 7.04. The van der Waals surface area contributed by atoms with Crippen LogP contribution >= 0.6 is 22.4 Å². The fourth-order valence-corrected chi connectivity index (χ4v) is 7.72. The van der Waals surface area contributed by atoms with E-state index in [4.69, 9.17) is 15.2 Å². The maximum atomic E-state index is 11.8. The third-order valence-electron chi connectivity index (χ3n) is 6.90. The van der Waals surface area contributed by atoms with Crippen molar-refractivity contribution < 1.29 is 23.4 Å². The van der Waals surface area contributed by atoms with Crippen molar-refractivity contribution >= 4 is 45.4 Å². The molecule has 9 heteroatoms. The third kappa shape index (κ3) is 7.40. The first-order valence-corrected chi connectivity index (χ1v) is 16.2. The van der Waals surface area contributed by atoms with E-state index in [1.165, 1.54) is 24.1 Å². The maximum Gasteiger partial charge on any atom is 0.333 e. The van der Waals surface area contributed by atoms with Crippen LogP contribution in [0, 0.1) is 5.41 Å². The number of carbonyl (C=O) groups is 1. The van der Waals surface area contributed by atoms with Crippen LogP contribution in [0.3, 0.4) is 0 Å². The molecule has 0 saturated carbocycles. The SMILES string of the molecule is CCCCC1(CCCC)CN(c2ccc(N)cc2)c2cc(SC)c(O/C=C/C(=O)OCC)cc2S(O)(O)C1. The van der Waals surface area contributed by atoms with Crippen molar-refractivity contribution in [3.63, 3.8) is 0 Å². The molecule has 0 fully saturated rings. The van der Waals surface area contributed by atoms with E-state index in [-0.39, 0.29) is 12.0 Å². The molecule has 38 heavy (non-hydrogen) atoms. The van der Waals surface area contributed by atoms with Crippen molar-refractivity contribution in [2.24, 2.45) is 5.41 Å². The summed E-state index contributed by atoms with van der Waals surface area (Å²) in [6.07, 6.45) is 10.4. The van der Waals surface area contributed by atoms with Gasteiger partial charge in [0.2, 0.25) is 0 Å². The number of anilines is 3. The Morgan fingerprint density at radius 2 is 1.79 bits per heavy atom. The van der Waals surface area contributed by atoms with E-state index in [0.717, 1.165) is 54.8 Å². The van der Waals surface area contributed by atoms with Crippen LogP contribution in [-0.2, 0) is 9.53 Å². The van der Waals surface area contributed by atoms with E-state index in [9.17, 15) is 13.9 Å². The van der Waals surface area contributed by atoms with Crippen LogP contribution in [0.25, 0.3) is 0 Å². The second-order valence-electron chi connectivity index (χ2n) is 9.84. The number of ether oxygens (including phenoxy) is 2. The van der Waals surface area contributed by atoms with Crippen LogP contribution < -0.4 is 15.4 Å². The Hall–Kier alpha value is -2.33. The minimum absolute atomic E-state index is 0.268. The molecular formula is C29H42N2O5S2. The zero-order valence-corrected chi connectivity index (χ0v) is 24.6. The van der Waals surface area contributed by atoms with Gasteiger partial charge in [-0.1, -0.05) is 39.5 Å². The summed E-state index contributed by atoms with van der Waals surface area (Å²) in [4.78, 5) is 15.3. The van der Waals surface area contributed by atoms with Gasteiger partial charge in [-0.05, 0) is 56.4 Å². The van der Waals surface area contributed by atoms with Gasteiger partial charge in [-0.3, -0.25) is 9.11 Å². The van der Waals surface area contributed by atoms with Crippen molar-refractivity contribution in [3.05, 3.63) is 48.7 Å². The largest absolute Gasteiger partial charge is 0.463 e. The van der Waals surface area contributed by atoms with Crippen LogP contribution in [0.2, 0.25) is 0 Å². The van der Waals surface area contributed by atoms with E-state index < -0.39 is 16.6 Å². The molecule has 0 aliphatic carbocycles. The molecule has 4 N–H and O–H groups in total. The van der Waals surface area contributed by atoms with E-state index in [0.29, 0.717) is 28.6 Å². The highest BCUT2D eigenvalue weighted by Crippen LogP contribution is 2.62. The number of nitrogen functional groups attached to an aromatic ring is 1. The number of fused-ring (bicyclic) bond motifs is 1. The van der Waals surface area contributed by atoms with Gasteiger partial charge in [0.1, 0.15) is 5.75 Å². The number of hydrogen-bond acceptors (Lipinski definition) is 8. The number of carbonyl (C=O) groups excluding carboxylic acids is 1. The lowest BCUT2D eigenvalue weighted by Crippen LogP contribution is -2.37. The minimum atomic E-state index is -3.16. The molecule has 2 aromatic rings. The Balaban J connectivity index is 2.17. The van der Waals surface area contributed by atoms with E-state index in [2.05, 4.69) is 18.7 Å². The lowest BCUT2D eigenvalue weighted by Gasteiger charge is -2.42. The van der Waals surface area contributed by atoms with Crippen LogP contribution in [0.15, 0.2) is 58.5 Å². The zero-order valence-electron chi connectivity index (χ0n) is 22.9. The molecule has 1 aliphatic heterocycles. The van der Waals surface area contributed by atoms with Crippen molar-refractivity contribution in [2.45, 2.75) is 69.1 Å². The highest BCUT2D eigenvalue weighted by atomic mass is 32.3. The first-order chi connectivity index (χ1) is 18.2. The van der Waals surface area contributed by atoms with Gasteiger partial charge < -0.3 is 20.1 Å². The van der Waals surface area contributed by atoms with Gasteiger partial charge in [0, 0.05) is 35.2 Å². The predicted octanol–water partition coefficient (Wildman–Crippen LogP) is 8.07. The molecule has 1 heterocycles. The van der Waals surface area contributed by atoms with Gasteiger partial charge in [0.25, 0.3) is 0 Å². The summed E-state index contributed by atoms with van der Waals surface area (Å²) in [6, 6.07) is 11.4. The first kappa shape index (κ1) is 30.2. The molecule has 3 rings (SSSR count). The fourth-order valence-electron chi connectivity index (χ4n) is 4.99. The quantitative estimate of drug-likeness (QED) is 0.0784. The van der Waals surface area contributed by atoms with Gasteiger partial charge in [0.05, 0.1) is 34.4 Å². The number of benzene rings is 2. The van der Waals surface area contributed by atoms with Crippen molar-refractivity contribution in [3.8, 4) is 5.75 Å². The summed E-state index contributed by atoms with van der Waals surface area (Å²) in [5.74, 6) is 0.266. The summed E-state index contributed by atoms with van der Waals surface area (Å²) in [5, 5.41) is 0. The predicted molar refractivity (Wildman–Crippen MR) is 160 cm³/mol. The van der Waals surface area contributed by atoms with Crippen LogP contribution in [-0.4, -0.2) is 40.2 Å². The number of esters is 1. The maximum absolute atomic E-state index is 11.8. The number of nitrogens with two attached hydrogens (primary N) is 1. The average Bonchev–Trinajstić information content (AvgIpc) is 2.98. The number of unbranched alkanes of at least 4 members (excludes halogenated alkanes) is 2. The minimum Gasteiger partial charge on any atom is -0.463 e. The Morgan fingerprint density at radius 3 is 2.37 bits per heavy atom. The molecule has 0 unspecified atom stereocenters. The molecule has 0 saturated heterocycles. The number of thioether (sulfide) groups is 1. The molecule has 0 aromatic heterocycles. The first-order valence-electron chi connectivity index (χ1n) is 13.3. The van der Waals surface area contributed by atoms with Gasteiger partial charge >= 0.3 is 5.97 Å². The Bertz CT molecular complexity index is 1100. The molecule has 0 bridgehead atoms. The van der Waals surface area contributed by atoms with Crippen LogP contribution in [0.5, 0.6) is 5.75 Å². The van der Waals surface area contributed by atoms with E-state index >= 15 is 0 Å². The van der Waals surface area contributed by atoms with Crippen LogP contribution in [0.1, 0.15) is 59.3 Å². The molecule has 0 radical (unpaired) electrons. The standard InChI is InChI=1S/C29H42N2O5S2/c1-5-8-15-29(16-9-6-2)20-31(23-12-10-22(30)11-13-23)24-18-26(37-4)25(19-27(24)38(33,34)21-29)36-17-14-28(32)35-7-3/h10-14,17-19,33-34H,5-9,15-16,20-21,30H2,1-4H3/b17-14+. The zero-order chi connectivity index (χ0) is 27.8. The Kier molecular flexibility index (Phi) is 10.8. The lowest BCUT2D eigenvalue weighted by molar-refractivity contribution is -0.137. The Morgan fingerprint density at radius 1 is 1.13 bits per heavy atom. The lowest BCUT2D eigenvalue weighted by atomic mass is 9.79. The Labute approximate surface area is 233 Å². The summed E-state index contributed by atoms with van der Waals surface area (Å²) < 4.78 is 34.3. The number of nitrogens with zero attached hydrogens (tertiary/aromatic N) is 1. The summed E-state index contributed by atoms with van der Waals surface area (Å²) in [5.41, 5.74) is 8.14. The molecular weight excluding hydrogens is 520 g/mol. The normalized spacial score (nSPS) is 17.1. The fraction of sp³-hybridized carbons (Fsp3) is 0.483. The molecule has 0 atom stereocenters. The van der Waals surface area contributed by atoms with Gasteiger partial charge in [-0.25, -0.2) is 4.79 Å². The second-order valence-corrected chi connectivity index (χ2v) is 12.7. The molecule has 210 valence electrons. The highest BCUT2D eigenvalue weighted by Gasteiger charge is 2.42. The number of hydrogen-bond donors (Lipinski definition) is 3. The highest BCUT2D eigenvalue weighted by molar-refractivity contribution is 8.24. The third-order valence-corrected chi connectivity index (χ3v) is 9.71. The van der Waals surface area contributed by atoms with Gasteiger partial charge in [0.15, 0.2) is 0 Å². The van der Waals surface area contributed by atoms with Crippen molar-refractivity contribution in [2.75, 3.05) is 35.8 Å². The molecule has 0 spiro atoms. The summed E-state index contributed by atoms with van der Waals surface area (Å²) in [7, 11) is -3.16. The molecule has 1 aliphatic rings. The van der Waals surface area contributed by atoms with Gasteiger partial charge in [-0.2, -0.15) is 10.6 Å². The smallest absolute Gasteiger partial charge is 0.333 e. The molecule has 2 aromatic carbocycles. The van der Waals surface area contributed by atoms with E-state index in [1.54, 1.807) is 13.0 Å². The molecule has 7 nitrogen and oxygen atoms in total.